The summed E-state index contributed by atoms with van der Waals surface area (Å²) in [5.41, 5.74) is 3.16. The third-order valence-corrected chi connectivity index (χ3v) is 7.23. The van der Waals surface area contributed by atoms with Crippen LogP contribution in [-0.2, 0) is 19.1 Å². The van der Waals surface area contributed by atoms with Crippen molar-refractivity contribution in [2.45, 2.75) is 36.8 Å². The fraction of sp³-hybridized carbons (Fsp3) is 0.333. The first-order valence-electron chi connectivity index (χ1n) is 12.3. The van der Waals surface area contributed by atoms with Gasteiger partial charge in [-0.05, 0) is 34.9 Å². The monoisotopic (exact) mass is 469 g/mol. The van der Waals surface area contributed by atoms with E-state index in [0.717, 1.165) is 17.5 Å². The maximum atomic E-state index is 14.0. The summed E-state index contributed by atoms with van der Waals surface area (Å²) in [5.74, 6) is 0.0389. The largest absolute Gasteiger partial charge is 0.467 e. The average Bonchev–Trinajstić information content (AvgIpc) is 3.57. The average molecular weight is 470 g/mol. The highest BCUT2D eigenvalue weighted by Gasteiger charge is 2.45. The van der Waals surface area contributed by atoms with Gasteiger partial charge >= 0.3 is 5.97 Å². The third kappa shape index (κ3) is 5.15. The van der Waals surface area contributed by atoms with Crippen LogP contribution in [-0.4, -0.2) is 49.2 Å². The number of ether oxygens (including phenoxy) is 2. The number of carbonyl (C=O) groups excluding carboxylic acids is 2. The summed E-state index contributed by atoms with van der Waals surface area (Å²) in [4.78, 5) is 28.3. The second-order valence-electron chi connectivity index (χ2n) is 9.49. The van der Waals surface area contributed by atoms with Crippen LogP contribution in [0.25, 0.3) is 0 Å². The smallest absolute Gasteiger partial charge is 0.328 e. The molecule has 1 heterocycles. The van der Waals surface area contributed by atoms with Crippen LogP contribution in [0.15, 0.2) is 91.0 Å². The zero-order chi connectivity index (χ0) is 24.2. The molecule has 0 radical (unpaired) electrons. The lowest BCUT2D eigenvalue weighted by molar-refractivity contribution is -0.151. The Morgan fingerprint density at radius 1 is 0.857 bits per heavy atom. The molecule has 5 nitrogen and oxygen atoms in total. The van der Waals surface area contributed by atoms with E-state index in [0.29, 0.717) is 31.4 Å². The third-order valence-electron chi connectivity index (χ3n) is 7.23. The molecule has 4 atom stereocenters. The molecule has 2 fully saturated rings. The minimum atomic E-state index is -0.642. The Bertz CT molecular complexity index is 1100. The second kappa shape index (κ2) is 10.4. The first-order chi connectivity index (χ1) is 17.2. The lowest BCUT2D eigenvalue weighted by Crippen LogP contribution is -2.43. The van der Waals surface area contributed by atoms with Gasteiger partial charge in [0.05, 0.1) is 25.7 Å². The van der Waals surface area contributed by atoms with Gasteiger partial charge in [-0.2, -0.15) is 0 Å². The van der Waals surface area contributed by atoms with Crippen molar-refractivity contribution in [2.24, 2.45) is 5.92 Å². The predicted octanol–water partition coefficient (Wildman–Crippen LogP) is 4.78. The van der Waals surface area contributed by atoms with Crippen molar-refractivity contribution in [1.82, 2.24) is 4.90 Å². The highest BCUT2D eigenvalue weighted by molar-refractivity contribution is 5.91. The van der Waals surface area contributed by atoms with Gasteiger partial charge < -0.3 is 14.4 Å². The van der Waals surface area contributed by atoms with E-state index in [1.807, 2.05) is 66.7 Å². The van der Waals surface area contributed by atoms with Crippen LogP contribution in [0, 0.1) is 5.92 Å². The molecule has 5 heteroatoms. The van der Waals surface area contributed by atoms with Crippen LogP contribution in [0.3, 0.4) is 0 Å². The predicted molar refractivity (Wildman–Crippen MR) is 134 cm³/mol. The summed E-state index contributed by atoms with van der Waals surface area (Å²) in [6, 6.07) is 29.3. The number of carbonyl (C=O) groups is 2. The van der Waals surface area contributed by atoms with Crippen LogP contribution in [0.4, 0.5) is 0 Å². The number of nitrogens with zero attached hydrogens (tertiary/aromatic N) is 1. The van der Waals surface area contributed by atoms with Crippen molar-refractivity contribution in [3.8, 4) is 0 Å². The lowest BCUT2D eigenvalue weighted by atomic mass is 9.90. The zero-order valence-electron chi connectivity index (χ0n) is 20.0. The molecule has 1 unspecified atom stereocenters. The van der Waals surface area contributed by atoms with E-state index in [1.54, 1.807) is 4.90 Å². The van der Waals surface area contributed by atoms with E-state index in [-0.39, 0.29) is 12.0 Å². The van der Waals surface area contributed by atoms with Gasteiger partial charge in [-0.25, -0.2) is 4.79 Å². The number of amides is 1. The maximum Gasteiger partial charge on any atom is 0.328 e. The van der Waals surface area contributed by atoms with E-state index in [2.05, 4.69) is 24.3 Å². The molecule has 180 valence electrons. The Kier molecular flexibility index (Phi) is 6.96. The van der Waals surface area contributed by atoms with Crippen LogP contribution >= 0.6 is 0 Å². The van der Waals surface area contributed by atoms with E-state index >= 15 is 0 Å². The lowest BCUT2D eigenvalue weighted by Gasteiger charge is -2.28. The van der Waals surface area contributed by atoms with Crippen molar-refractivity contribution >= 4 is 11.9 Å². The molecule has 1 aliphatic carbocycles. The molecule has 1 amide bonds. The number of hydrogen-bond acceptors (Lipinski definition) is 4. The summed E-state index contributed by atoms with van der Waals surface area (Å²) in [6.45, 7) is 1.03. The molecule has 2 aliphatic rings. The van der Waals surface area contributed by atoms with Crippen LogP contribution in [0.2, 0.25) is 0 Å². The Morgan fingerprint density at radius 3 is 2.00 bits per heavy atom. The quantitative estimate of drug-likeness (QED) is 0.446. The van der Waals surface area contributed by atoms with Crippen LogP contribution < -0.4 is 0 Å². The molecule has 0 N–H and O–H groups in total. The van der Waals surface area contributed by atoms with E-state index in [4.69, 9.17) is 9.47 Å². The normalized spacial score (nSPS) is 23.3. The molecule has 3 aromatic rings. The van der Waals surface area contributed by atoms with Gasteiger partial charge in [-0.3, -0.25) is 4.79 Å². The summed E-state index contributed by atoms with van der Waals surface area (Å²) < 4.78 is 11.4. The van der Waals surface area contributed by atoms with Gasteiger partial charge in [-0.15, -0.1) is 0 Å². The summed E-state index contributed by atoms with van der Waals surface area (Å²) in [6.07, 6.45) is 1.38. The summed E-state index contributed by atoms with van der Waals surface area (Å²) in [5, 5.41) is 0. The highest BCUT2D eigenvalue weighted by Crippen LogP contribution is 2.47. The summed E-state index contributed by atoms with van der Waals surface area (Å²) >= 11 is 0. The minimum Gasteiger partial charge on any atom is -0.467 e. The molecule has 1 saturated carbocycles. The second-order valence-corrected chi connectivity index (χ2v) is 9.49. The minimum absolute atomic E-state index is 0.0996. The number of rotatable bonds is 8. The molecule has 1 saturated heterocycles. The Hall–Kier alpha value is -3.44. The van der Waals surface area contributed by atoms with Gasteiger partial charge in [0.1, 0.15) is 6.04 Å². The molecule has 1 aliphatic heterocycles. The first kappa shape index (κ1) is 23.3. The number of methoxy groups -OCH3 is 1. The zero-order valence-corrected chi connectivity index (χ0v) is 20.0. The van der Waals surface area contributed by atoms with Crippen molar-refractivity contribution in [2.75, 3.05) is 20.3 Å². The molecule has 0 aromatic heterocycles. The van der Waals surface area contributed by atoms with Crippen molar-refractivity contribution in [3.63, 3.8) is 0 Å². The topological polar surface area (TPSA) is 55.8 Å². The maximum absolute atomic E-state index is 14.0. The summed E-state index contributed by atoms with van der Waals surface area (Å²) in [7, 11) is 1.37. The number of likely N-dealkylation sites (tertiary alicyclic amines) is 1. The van der Waals surface area contributed by atoms with Crippen molar-refractivity contribution in [1.29, 1.82) is 0 Å². The Labute approximate surface area is 206 Å². The van der Waals surface area contributed by atoms with Gasteiger partial charge in [0.25, 0.3) is 0 Å². The Balaban J connectivity index is 1.31. The van der Waals surface area contributed by atoms with Crippen LogP contribution in [0.5, 0.6) is 0 Å². The molecular formula is C30H31NO4. The molecule has 3 aromatic carbocycles. The van der Waals surface area contributed by atoms with Crippen molar-refractivity contribution < 1.29 is 19.1 Å². The van der Waals surface area contributed by atoms with Crippen molar-refractivity contribution in [3.05, 3.63) is 108 Å². The number of benzene rings is 3. The highest BCUT2D eigenvalue weighted by atomic mass is 16.5. The first-order valence-corrected chi connectivity index (χ1v) is 12.3. The SMILES string of the molecule is COC(=O)[C@@H]1C[C@H](OCC2C[C@H]2c2ccccc2)CN1C(=O)C(c1ccccc1)c1ccccc1. The van der Waals surface area contributed by atoms with E-state index < -0.39 is 17.9 Å². The molecule has 0 bridgehead atoms. The fourth-order valence-corrected chi connectivity index (χ4v) is 5.26. The van der Waals surface area contributed by atoms with Gasteiger partial charge in [0, 0.05) is 13.0 Å². The molecular weight excluding hydrogens is 438 g/mol. The molecule has 0 spiro atoms. The molecule has 5 rings (SSSR count). The van der Waals surface area contributed by atoms with Crippen LogP contribution in [0.1, 0.15) is 41.4 Å². The van der Waals surface area contributed by atoms with Gasteiger partial charge in [-0.1, -0.05) is 91.0 Å². The van der Waals surface area contributed by atoms with Gasteiger partial charge in [0.15, 0.2) is 0 Å². The standard InChI is InChI=1S/C30H31NO4/c1-34-30(33)27-18-25(35-20-24-17-26(24)21-11-5-2-6-12-21)19-31(27)29(32)28(22-13-7-3-8-14-22)23-15-9-4-10-16-23/h2-16,24-28H,17-20H2,1H3/t24?,25-,26-,27-/m0/s1. The van der Waals surface area contributed by atoms with E-state index in [1.165, 1.54) is 12.7 Å². The van der Waals surface area contributed by atoms with E-state index in [9.17, 15) is 9.59 Å². The number of esters is 1. The Morgan fingerprint density at radius 2 is 1.43 bits per heavy atom. The fourth-order valence-electron chi connectivity index (χ4n) is 5.26. The van der Waals surface area contributed by atoms with Gasteiger partial charge in [0.2, 0.25) is 5.91 Å². The molecule has 35 heavy (non-hydrogen) atoms. The number of hydrogen-bond donors (Lipinski definition) is 0.